The van der Waals surface area contributed by atoms with Crippen LogP contribution in [0.15, 0.2) is 84.0 Å². The molecule has 1 aliphatic heterocycles. The number of carbonyl (C=O) groups is 1. The topological polar surface area (TPSA) is 73.8 Å². The molecule has 0 atom stereocenters. The molecule has 0 spiro atoms. The highest BCUT2D eigenvalue weighted by Gasteiger charge is 2.30. The molecule has 1 aliphatic rings. The molecular weight excluding hydrogens is 460 g/mol. The maximum atomic E-state index is 13.4. The molecule has 7 nitrogen and oxygen atoms in total. The molecule has 0 aliphatic carbocycles. The zero-order valence-corrected chi connectivity index (χ0v) is 19.6. The summed E-state index contributed by atoms with van der Waals surface area (Å²) >= 11 is 5.94. The van der Waals surface area contributed by atoms with Gasteiger partial charge in [-0.05, 0) is 42.0 Å². The van der Waals surface area contributed by atoms with Gasteiger partial charge in [0.25, 0.3) is 0 Å². The molecular formula is C24H25ClN4O3S. The Labute approximate surface area is 199 Å². The number of nitrogens with zero attached hydrogens (tertiary/aromatic N) is 4. The zero-order valence-electron chi connectivity index (χ0n) is 18.0. The van der Waals surface area contributed by atoms with Crippen molar-refractivity contribution in [3.05, 3.63) is 89.7 Å². The third-order valence-corrected chi connectivity index (χ3v) is 7.68. The third kappa shape index (κ3) is 5.71. The Hall–Kier alpha value is -2.94. The van der Waals surface area contributed by atoms with Gasteiger partial charge in [-0.2, -0.15) is 4.31 Å². The van der Waals surface area contributed by atoms with E-state index in [4.69, 9.17) is 11.6 Å². The fourth-order valence-corrected chi connectivity index (χ4v) is 5.29. The fourth-order valence-electron chi connectivity index (χ4n) is 3.79. The van der Waals surface area contributed by atoms with Crippen molar-refractivity contribution in [1.82, 2.24) is 14.2 Å². The van der Waals surface area contributed by atoms with Gasteiger partial charge in [-0.15, -0.1) is 0 Å². The van der Waals surface area contributed by atoms with Gasteiger partial charge in [0.1, 0.15) is 0 Å². The van der Waals surface area contributed by atoms with Crippen LogP contribution in [0.4, 0.5) is 5.69 Å². The minimum atomic E-state index is -3.89. The Kier molecular flexibility index (Phi) is 7.27. The third-order valence-electron chi connectivity index (χ3n) is 5.63. The lowest BCUT2D eigenvalue weighted by atomic mass is 10.2. The second kappa shape index (κ2) is 10.3. The van der Waals surface area contributed by atoms with E-state index in [-0.39, 0.29) is 23.9 Å². The summed E-state index contributed by atoms with van der Waals surface area (Å²) in [5.74, 6) is -0.210. The number of piperazine rings is 1. The number of carbonyl (C=O) groups excluding carboxylic acids is 1. The van der Waals surface area contributed by atoms with Crippen molar-refractivity contribution in [2.24, 2.45) is 0 Å². The Balaban J connectivity index is 1.49. The highest BCUT2D eigenvalue weighted by Crippen LogP contribution is 2.21. The van der Waals surface area contributed by atoms with Crippen LogP contribution in [0.2, 0.25) is 5.02 Å². The number of amides is 1. The summed E-state index contributed by atoms with van der Waals surface area (Å²) in [7, 11) is -3.89. The van der Waals surface area contributed by atoms with E-state index in [0.717, 1.165) is 11.3 Å². The average molecular weight is 485 g/mol. The second-order valence-corrected chi connectivity index (χ2v) is 10.2. The van der Waals surface area contributed by atoms with Crippen LogP contribution in [-0.2, 0) is 21.4 Å². The Morgan fingerprint density at radius 2 is 1.55 bits per heavy atom. The van der Waals surface area contributed by atoms with E-state index in [0.29, 0.717) is 31.2 Å². The standard InChI is InChI=1S/C24H25ClN4O3S/c25-21-6-8-23(9-7-21)33(31,32)29(18-20-4-2-1-3-5-20)19-24(30)28-16-14-27(15-17-28)22-10-12-26-13-11-22/h1-13H,14-19H2. The van der Waals surface area contributed by atoms with Gasteiger partial charge in [-0.1, -0.05) is 41.9 Å². The average Bonchev–Trinajstić information content (AvgIpc) is 2.85. The molecule has 0 radical (unpaired) electrons. The number of pyridine rings is 1. The van der Waals surface area contributed by atoms with Crippen molar-refractivity contribution >= 4 is 33.2 Å². The van der Waals surface area contributed by atoms with Gasteiger partial charge < -0.3 is 9.80 Å². The zero-order chi connectivity index (χ0) is 23.3. The van der Waals surface area contributed by atoms with Gasteiger partial charge in [0.2, 0.25) is 15.9 Å². The first-order chi connectivity index (χ1) is 15.9. The summed E-state index contributed by atoms with van der Waals surface area (Å²) in [5, 5.41) is 0.451. The molecule has 1 saturated heterocycles. The van der Waals surface area contributed by atoms with Gasteiger partial charge in [0.05, 0.1) is 11.4 Å². The summed E-state index contributed by atoms with van der Waals surface area (Å²) in [5.41, 5.74) is 1.87. The maximum absolute atomic E-state index is 13.4. The van der Waals surface area contributed by atoms with Crippen LogP contribution in [0.3, 0.4) is 0 Å². The van der Waals surface area contributed by atoms with Gasteiger partial charge >= 0.3 is 0 Å². The van der Waals surface area contributed by atoms with Crippen LogP contribution in [-0.4, -0.2) is 61.2 Å². The number of sulfonamides is 1. The summed E-state index contributed by atoms with van der Waals surface area (Å²) in [4.78, 5) is 21.2. The van der Waals surface area contributed by atoms with E-state index in [1.165, 1.54) is 28.6 Å². The van der Waals surface area contributed by atoms with Crippen LogP contribution in [0, 0.1) is 0 Å². The normalized spacial score (nSPS) is 14.5. The van der Waals surface area contributed by atoms with Crippen LogP contribution in [0.1, 0.15) is 5.56 Å². The quantitative estimate of drug-likeness (QED) is 0.514. The molecule has 1 fully saturated rings. The lowest BCUT2D eigenvalue weighted by molar-refractivity contribution is -0.131. The first-order valence-electron chi connectivity index (χ1n) is 10.7. The predicted molar refractivity (Wildman–Crippen MR) is 129 cm³/mol. The van der Waals surface area contributed by atoms with Crippen LogP contribution < -0.4 is 4.90 Å². The largest absolute Gasteiger partial charge is 0.368 e. The molecule has 2 heterocycles. The van der Waals surface area contributed by atoms with E-state index in [9.17, 15) is 13.2 Å². The van der Waals surface area contributed by atoms with Gasteiger partial charge in [0.15, 0.2) is 0 Å². The number of rotatable bonds is 7. The smallest absolute Gasteiger partial charge is 0.243 e. The van der Waals surface area contributed by atoms with E-state index in [2.05, 4.69) is 9.88 Å². The minimum absolute atomic E-state index is 0.106. The molecule has 4 rings (SSSR count). The van der Waals surface area contributed by atoms with E-state index < -0.39 is 10.0 Å². The molecule has 2 aromatic carbocycles. The molecule has 0 N–H and O–H groups in total. The number of anilines is 1. The summed E-state index contributed by atoms with van der Waals surface area (Å²) < 4.78 is 28.0. The maximum Gasteiger partial charge on any atom is 0.243 e. The molecule has 9 heteroatoms. The summed E-state index contributed by atoms with van der Waals surface area (Å²) in [6.07, 6.45) is 3.49. The Morgan fingerprint density at radius 1 is 0.909 bits per heavy atom. The van der Waals surface area contributed by atoms with Crippen molar-refractivity contribution in [1.29, 1.82) is 0 Å². The van der Waals surface area contributed by atoms with Gasteiger partial charge in [0, 0.05) is 55.8 Å². The number of hydrogen-bond donors (Lipinski definition) is 0. The summed E-state index contributed by atoms with van der Waals surface area (Å²) in [6, 6.07) is 19.2. The van der Waals surface area contributed by atoms with Crippen molar-refractivity contribution in [2.45, 2.75) is 11.4 Å². The highest BCUT2D eigenvalue weighted by atomic mass is 35.5. The Morgan fingerprint density at radius 3 is 2.18 bits per heavy atom. The molecule has 0 unspecified atom stereocenters. The molecule has 33 heavy (non-hydrogen) atoms. The first kappa shape index (κ1) is 23.2. The van der Waals surface area contributed by atoms with Crippen molar-refractivity contribution in [2.75, 3.05) is 37.6 Å². The molecule has 0 saturated carbocycles. The lowest BCUT2D eigenvalue weighted by Gasteiger charge is -2.36. The molecule has 172 valence electrons. The van der Waals surface area contributed by atoms with E-state index >= 15 is 0 Å². The molecule has 0 bridgehead atoms. The van der Waals surface area contributed by atoms with E-state index in [1.54, 1.807) is 17.3 Å². The fraction of sp³-hybridized carbons (Fsp3) is 0.250. The predicted octanol–water partition coefficient (Wildman–Crippen LogP) is 3.27. The van der Waals surface area contributed by atoms with Crippen molar-refractivity contribution < 1.29 is 13.2 Å². The molecule has 1 amide bonds. The minimum Gasteiger partial charge on any atom is -0.368 e. The number of aromatic nitrogens is 1. The van der Waals surface area contributed by atoms with Gasteiger partial charge in [-0.3, -0.25) is 9.78 Å². The second-order valence-electron chi connectivity index (χ2n) is 7.79. The lowest BCUT2D eigenvalue weighted by Crippen LogP contribution is -2.51. The van der Waals surface area contributed by atoms with Crippen LogP contribution in [0.25, 0.3) is 0 Å². The molecule has 3 aromatic rings. The van der Waals surface area contributed by atoms with Gasteiger partial charge in [-0.25, -0.2) is 8.42 Å². The van der Waals surface area contributed by atoms with Crippen LogP contribution >= 0.6 is 11.6 Å². The van der Waals surface area contributed by atoms with E-state index in [1.807, 2.05) is 42.5 Å². The van der Waals surface area contributed by atoms with Crippen LogP contribution in [0.5, 0.6) is 0 Å². The molecule has 1 aromatic heterocycles. The number of halogens is 1. The van der Waals surface area contributed by atoms with Crippen molar-refractivity contribution in [3.63, 3.8) is 0 Å². The highest BCUT2D eigenvalue weighted by molar-refractivity contribution is 7.89. The summed E-state index contributed by atoms with van der Waals surface area (Å²) in [6.45, 7) is 2.29. The number of benzene rings is 2. The SMILES string of the molecule is O=C(CN(Cc1ccccc1)S(=O)(=O)c1ccc(Cl)cc1)N1CCN(c2ccncc2)CC1. The number of hydrogen-bond acceptors (Lipinski definition) is 5. The Bertz CT molecular complexity index is 1170. The first-order valence-corrected chi connectivity index (χ1v) is 12.5. The van der Waals surface area contributed by atoms with Crippen molar-refractivity contribution in [3.8, 4) is 0 Å². The monoisotopic (exact) mass is 484 g/mol.